The van der Waals surface area contributed by atoms with E-state index in [4.69, 9.17) is 4.74 Å². The average Bonchev–Trinajstić information content (AvgIpc) is 2.68. The topological polar surface area (TPSA) is 71.5 Å². The largest absolute Gasteiger partial charge is 0.378 e. The van der Waals surface area contributed by atoms with Crippen molar-refractivity contribution in [1.29, 1.82) is 0 Å². The fraction of sp³-hybridized carbons (Fsp3) is 0.350. The third-order valence-corrected chi connectivity index (χ3v) is 4.37. The van der Waals surface area contributed by atoms with E-state index >= 15 is 0 Å². The highest BCUT2D eigenvalue weighted by molar-refractivity contribution is 6.04. The van der Waals surface area contributed by atoms with Crippen LogP contribution in [0.5, 0.6) is 0 Å². The van der Waals surface area contributed by atoms with Gasteiger partial charge in [0.15, 0.2) is 0 Å². The zero-order valence-corrected chi connectivity index (χ0v) is 15.1. The van der Waals surface area contributed by atoms with E-state index in [1.807, 2.05) is 24.3 Å². The Morgan fingerprint density at radius 3 is 2.46 bits per heavy atom. The number of hydrogen-bond acceptors (Lipinski definition) is 4. The summed E-state index contributed by atoms with van der Waals surface area (Å²) >= 11 is 0. The van der Waals surface area contributed by atoms with Crippen molar-refractivity contribution < 1.29 is 14.3 Å². The molecule has 6 nitrogen and oxygen atoms in total. The Labute approximate surface area is 153 Å². The molecule has 0 aliphatic carbocycles. The van der Waals surface area contributed by atoms with Crippen LogP contribution in [0.4, 0.5) is 5.69 Å². The molecule has 136 valence electrons. The smallest absolute Gasteiger partial charge is 0.274 e. The van der Waals surface area contributed by atoms with E-state index in [-0.39, 0.29) is 17.5 Å². The normalized spacial score (nSPS) is 14.3. The Morgan fingerprint density at radius 1 is 1.12 bits per heavy atom. The highest BCUT2D eigenvalue weighted by Gasteiger charge is 2.20. The van der Waals surface area contributed by atoms with Crippen LogP contribution in [0.2, 0.25) is 0 Å². The van der Waals surface area contributed by atoms with Gasteiger partial charge in [-0.25, -0.2) is 0 Å². The number of morpholine rings is 1. The molecule has 1 aromatic heterocycles. The molecule has 0 saturated carbocycles. The van der Waals surface area contributed by atoms with Crippen LogP contribution in [-0.4, -0.2) is 48.0 Å². The third-order valence-electron chi connectivity index (χ3n) is 4.37. The van der Waals surface area contributed by atoms with Crippen LogP contribution in [0, 0.1) is 0 Å². The van der Waals surface area contributed by atoms with Gasteiger partial charge in [-0.1, -0.05) is 26.0 Å². The van der Waals surface area contributed by atoms with E-state index in [0.717, 1.165) is 0 Å². The summed E-state index contributed by atoms with van der Waals surface area (Å²) in [6.07, 6.45) is 1.49. The van der Waals surface area contributed by atoms with Crippen LogP contribution < -0.4 is 5.32 Å². The Balaban J connectivity index is 1.70. The molecule has 2 amide bonds. The lowest BCUT2D eigenvalue weighted by atomic mass is 10.0. The number of rotatable bonds is 4. The van der Waals surface area contributed by atoms with Crippen molar-refractivity contribution in [3.05, 3.63) is 59.4 Å². The molecule has 1 aliphatic rings. The Hall–Kier alpha value is -2.73. The molecular weight excluding hydrogens is 330 g/mol. The lowest BCUT2D eigenvalue weighted by Gasteiger charge is -2.26. The summed E-state index contributed by atoms with van der Waals surface area (Å²) in [4.78, 5) is 30.8. The minimum atomic E-state index is -0.334. The minimum absolute atomic E-state index is 0.106. The summed E-state index contributed by atoms with van der Waals surface area (Å²) in [5, 5.41) is 2.82. The average molecular weight is 353 g/mol. The Morgan fingerprint density at radius 2 is 1.81 bits per heavy atom. The Bertz CT molecular complexity index is 781. The molecule has 0 bridgehead atoms. The second-order valence-electron chi connectivity index (χ2n) is 6.57. The monoisotopic (exact) mass is 353 g/mol. The highest BCUT2D eigenvalue weighted by atomic mass is 16.5. The number of ether oxygens (including phenoxy) is 1. The predicted octanol–water partition coefficient (Wildman–Crippen LogP) is 2.93. The van der Waals surface area contributed by atoms with Gasteiger partial charge in [-0.05, 0) is 35.7 Å². The van der Waals surface area contributed by atoms with E-state index in [1.54, 1.807) is 11.0 Å². The number of benzene rings is 1. The summed E-state index contributed by atoms with van der Waals surface area (Å²) in [6.45, 7) is 6.44. The SMILES string of the molecule is CC(C)c1ccc(NC(=O)c2cc(C(=O)N3CCOCC3)ccn2)cc1. The summed E-state index contributed by atoms with van der Waals surface area (Å²) in [5.41, 5.74) is 2.59. The van der Waals surface area contributed by atoms with E-state index in [1.165, 1.54) is 17.8 Å². The number of amides is 2. The zero-order chi connectivity index (χ0) is 18.5. The number of nitrogens with zero attached hydrogens (tertiary/aromatic N) is 2. The molecule has 2 aromatic rings. The first-order valence-electron chi connectivity index (χ1n) is 8.79. The van der Waals surface area contributed by atoms with Crippen LogP contribution in [0.25, 0.3) is 0 Å². The van der Waals surface area contributed by atoms with Crippen LogP contribution in [0.15, 0.2) is 42.6 Å². The molecule has 1 N–H and O–H groups in total. The van der Waals surface area contributed by atoms with Crippen molar-refractivity contribution in [3.63, 3.8) is 0 Å². The maximum Gasteiger partial charge on any atom is 0.274 e. The first kappa shape index (κ1) is 18.1. The molecule has 0 unspecified atom stereocenters. The second kappa shape index (κ2) is 8.10. The van der Waals surface area contributed by atoms with E-state index in [9.17, 15) is 9.59 Å². The lowest BCUT2D eigenvalue weighted by molar-refractivity contribution is 0.0303. The predicted molar refractivity (Wildman–Crippen MR) is 99.4 cm³/mol. The van der Waals surface area contributed by atoms with E-state index in [2.05, 4.69) is 24.1 Å². The van der Waals surface area contributed by atoms with Gasteiger partial charge < -0.3 is 15.0 Å². The summed E-state index contributed by atoms with van der Waals surface area (Å²) in [6, 6.07) is 10.9. The molecule has 3 rings (SSSR count). The van der Waals surface area contributed by atoms with Gasteiger partial charge in [-0.15, -0.1) is 0 Å². The number of pyridine rings is 1. The molecule has 1 aromatic carbocycles. The van der Waals surface area contributed by atoms with Crippen molar-refractivity contribution in [3.8, 4) is 0 Å². The first-order valence-corrected chi connectivity index (χ1v) is 8.79. The van der Waals surface area contributed by atoms with Crippen molar-refractivity contribution in [2.24, 2.45) is 0 Å². The van der Waals surface area contributed by atoms with Gasteiger partial charge in [0.05, 0.1) is 13.2 Å². The molecule has 1 aliphatic heterocycles. The molecular formula is C20H23N3O3. The van der Waals surface area contributed by atoms with Crippen LogP contribution >= 0.6 is 0 Å². The van der Waals surface area contributed by atoms with Gasteiger partial charge in [0.25, 0.3) is 11.8 Å². The van der Waals surface area contributed by atoms with Gasteiger partial charge in [0.2, 0.25) is 0 Å². The standard InChI is InChI=1S/C20H23N3O3/c1-14(2)15-3-5-17(6-4-15)22-19(24)18-13-16(7-8-21-18)20(25)23-9-11-26-12-10-23/h3-8,13-14H,9-12H2,1-2H3,(H,22,24). The minimum Gasteiger partial charge on any atom is -0.378 e. The quantitative estimate of drug-likeness (QED) is 0.917. The lowest BCUT2D eigenvalue weighted by Crippen LogP contribution is -2.40. The summed E-state index contributed by atoms with van der Waals surface area (Å²) in [5.74, 6) is -0.00531. The fourth-order valence-corrected chi connectivity index (χ4v) is 2.78. The van der Waals surface area contributed by atoms with Gasteiger partial charge in [0.1, 0.15) is 5.69 Å². The van der Waals surface area contributed by atoms with Crippen molar-refractivity contribution in [2.75, 3.05) is 31.6 Å². The maximum absolute atomic E-state index is 12.5. The molecule has 1 saturated heterocycles. The van der Waals surface area contributed by atoms with E-state index < -0.39 is 0 Å². The van der Waals surface area contributed by atoms with Crippen molar-refractivity contribution in [2.45, 2.75) is 19.8 Å². The van der Waals surface area contributed by atoms with Crippen LogP contribution in [-0.2, 0) is 4.74 Å². The molecule has 2 heterocycles. The molecule has 26 heavy (non-hydrogen) atoms. The fourth-order valence-electron chi connectivity index (χ4n) is 2.78. The molecule has 0 spiro atoms. The molecule has 1 fully saturated rings. The number of carbonyl (C=O) groups is 2. The number of hydrogen-bond donors (Lipinski definition) is 1. The van der Waals surface area contributed by atoms with Crippen LogP contribution in [0.3, 0.4) is 0 Å². The summed E-state index contributed by atoms with van der Waals surface area (Å²) < 4.78 is 5.27. The van der Waals surface area contributed by atoms with Crippen molar-refractivity contribution in [1.82, 2.24) is 9.88 Å². The Kier molecular flexibility index (Phi) is 5.63. The summed E-state index contributed by atoms with van der Waals surface area (Å²) in [7, 11) is 0. The van der Waals surface area contributed by atoms with Gasteiger partial charge >= 0.3 is 0 Å². The number of nitrogens with one attached hydrogen (secondary N) is 1. The van der Waals surface area contributed by atoms with E-state index in [0.29, 0.717) is 43.5 Å². The zero-order valence-electron chi connectivity index (χ0n) is 15.1. The van der Waals surface area contributed by atoms with Crippen LogP contribution in [0.1, 0.15) is 46.2 Å². The molecule has 0 radical (unpaired) electrons. The highest BCUT2D eigenvalue weighted by Crippen LogP contribution is 2.18. The van der Waals surface area contributed by atoms with Gasteiger partial charge in [0, 0.05) is 30.5 Å². The number of anilines is 1. The van der Waals surface area contributed by atoms with Crippen molar-refractivity contribution >= 4 is 17.5 Å². The maximum atomic E-state index is 12.5. The van der Waals surface area contributed by atoms with Gasteiger partial charge in [-0.2, -0.15) is 0 Å². The third kappa shape index (κ3) is 4.26. The van der Waals surface area contributed by atoms with Gasteiger partial charge in [-0.3, -0.25) is 14.6 Å². The number of carbonyl (C=O) groups excluding carboxylic acids is 2. The molecule has 0 atom stereocenters. The number of aromatic nitrogens is 1. The first-order chi connectivity index (χ1) is 12.5. The molecule has 6 heteroatoms. The second-order valence-corrected chi connectivity index (χ2v) is 6.57.